The number of aromatic nitrogens is 3. The second-order valence-electron chi connectivity index (χ2n) is 6.68. The van der Waals surface area contributed by atoms with E-state index in [0.717, 1.165) is 40.9 Å². The molecule has 1 atom stereocenters. The van der Waals surface area contributed by atoms with Crippen LogP contribution in [0, 0.1) is 0 Å². The van der Waals surface area contributed by atoms with E-state index in [4.69, 9.17) is 0 Å². The molecule has 3 heterocycles. The molecular weight excluding hydrogens is 376 g/mol. The number of amides is 1. The van der Waals surface area contributed by atoms with Crippen molar-refractivity contribution in [3.63, 3.8) is 0 Å². The van der Waals surface area contributed by atoms with E-state index in [1.165, 1.54) is 18.2 Å². The lowest BCUT2D eigenvalue weighted by Crippen LogP contribution is -2.42. The Kier molecular flexibility index (Phi) is 5.59. The van der Waals surface area contributed by atoms with Crippen LogP contribution in [0.5, 0.6) is 0 Å². The minimum absolute atomic E-state index is 0.187. The van der Waals surface area contributed by atoms with Crippen molar-refractivity contribution in [2.45, 2.75) is 37.4 Å². The van der Waals surface area contributed by atoms with E-state index in [-0.39, 0.29) is 5.91 Å². The first-order valence-corrected chi connectivity index (χ1v) is 11.1. The first-order chi connectivity index (χ1) is 13.2. The van der Waals surface area contributed by atoms with Gasteiger partial charge >= 0.3 is 0 Å². The Morgan fingerprint density at radius 2 is 2.04 bits per heavy atom. The molecule has 0 radical (unpaired) electrons. The third-order valence-corrected chi connectivity index (χ3v) is 6.62. The van der Waals surface area contributed by atoms with Gasteiger partial charge in [-0.1, -0.05) is 36.0 Å². The summed E-state index contributed by atoms with van der Waals surface area (Å²) in [6, 6.07) is 14.5. The number of hydrogen-bond donors (Lipinski definition) is 0. The van der Waals surface area contributed by atoms with Crippen molar-refractivity contribution in [2.75, 3.05) is 12.3 Å². The van der Waals surface area contributed by atoms with Gasteiger partial charge in [0.15, 0.2) is 11.0 Å². The van der Waals surface area contributed by atoms with Crippen molar-refractivity contribution in [3.8, 4) is 16.4 Å². The number of nitrogens with zero attached hydrogens (tertiary/aromatic N) is 4. The zero-order valence-corrected chi connectivity index (χ0v) is 16.9. The Hall–Kier alpha value is -2.12. The maximum Gasteiger partial charge on any atom is 0.233 e. The molecule has 0 spiro atoms. The molecule has 27 heavy (non-hydrogen) atoms. The van der Waals surface area contributed by atoms with Crippen LogP contribution in [0.2, 0.25) is 0 Å². The molecular formula is C20H22N4OS2. The summed E-state index contributed by atoms with van der Waals surface area (Å²) in [5.41, 5.74) is 1.01. The summed E-state index contributed by atoms with van der Waals surface area (Å²) in [4.78, 5) is 15.8. The molecule has 0 unspecified atom stereocenters. The molecule has 1 aromatic carbocycles. The second-order valence-corrected chi connectivity index (χ2v) is 8.57. The number of para-hydroxylation sites is 1. The molecule has 0 aliphatic carbocycles. The van der Waals surface area contributed by atoms with E-state index >= 15 is 0 Å². The van der Waals surface area contributed by atoms with Crippen LogP contribution in [0.25, 0.3) is 16.4 Å². The van der Waals surface area contributed by atoms with E-state index in [2.05, 4.69) is 17.1 Å². The van der Waals surface area contributed by atoms with Crippen LogP contribution in [0.3, 0.4) is 0 Å². The average Bonchev–Trinajstić information content (AvgIpc) is 3.36. The van der Waals surface area contributed by atoms with Crippen LogP contribution >= 0.6 is 23.1 Å². The van der Waals surface area contributed by atoms with Crippen LogP contribution < -0.4 is 0 Å². The van der Waals surface area contributed by atoms with Gasteiger partial charge in [0, 0.05) is 18.3 Å². The quantitative estimate of drug-likeness (QED) is 0.594. The Morgan fingerprint density at radius 3 is 2.78 bits per heavy atom. The fourth-order valence-corrected chi connectivity index (χ4v) is 4.95. The van der Waals surface area contributed by atoms with Crippen LogP contribution in [-0.4, -0.2) is 43.9 Å². The largest absolute Gasteiger partial charge is 0.339 e. The highest BCUT2D eigenvalue weighted by molar-refractivity contribution is 7.99. The summed E-state index contributed by atoms with van der Waals surface area (Å²) in [6.45, 7) is 3.01. The lowest BCUT2D eigenvalue weighted by Gasteiger charge is -2.33. The van der Waals surface area contributed by atoms with Gasteiger partial charge in [0.25, 0.3) is 0 Å². The molecule has 7 heteroatoms. The van der Waals surface area contributed by atoms with Gasteiger partial charge in [-0.25, -0.2) is 0 Å². The third kappa shape index (κ3) is 3.94. The van der Waals surface area contributed by atoms with Crippen LogP contribution in [-0.2, 0) is 4.79 Å². The van der Waals surface area contributed by atoms with Crippen molar-refractivity contribution in [1.82, 2.24) is 19.7 Å². The molecule has 2 aromatic heterocycles. The van der Waals surface area contributed by atoms with Gasteiger partial charge in [-0.3, -0.25) is 9.36 Å². The maximum atomic E-state index is 12.7. The summed E-state index contributed by atoms with van der Waals surface area (Å²) in [5, 5.41) is 11.6. The van der Waals surface area contributed by atoms with Crippen LogP contribution in [0.15, 0.2) is 53.0 Å². The Morgan fingerprint density at radius 1 is 1.19 bits per heavy atom. The average molecular weight is 399 g/mol. The Bertz CT molecular complexity index is 892. The van der Waals surface area contributed by atoms with E-state index in [9.17, 15) is 4.79 Å². The molecule has 3 aromatic rings. The lowest BCUT2D eigenvalue weighted by molar-refractivity contribution is -0.131. The minimum atomic E-state index is 0.187. The predicted molar refractivity (Wildman–Crippen MR) is 110 cm³/mol. The van der Waals surface area contributed by atoms with E-state index < -0.39 is 0 Å². The van der Waals surface area contributed by atoms with Gasteiger partial charge in [-0.05, 0) is 49.8 Å². The number of carbonyl (C=O) groups excluding carboxylic acids is 1. The smallest absolute Gasteiger partial charge is 0.233 e. The number of piperidine rings is 1. The van der Waals surface area contributed by atoms with E-state index in [1.54, 1.807) is 11.3 Å². The van der Waals surface area contributed by atoms with Crippen LogP contribution in [0.4, 0.5) is 0 Å². The highest BCUT2D eigenvalue weighted by Gasteiger charge is 2.24. The monoisotopic (exact) mass is 398 g/mol. The topological polar surface area (TPSA) is 51.0 Å². The fourth-order valence-electron chi connectivity index (χ4n) is 3.42. The van der Waals surface area contributed by atoms with Gasteiger partial charge < -0.3 is 4.90 Å². The molecule has 1 amide bonds. The number of thioether (sulfide) groups is 1. The van der Waals surface area contributed by atoms with Gasteiger partial charge in [0.2, 0.25) is 5.91 Å². The molecule has 1 saturated heterocycles. The highest BCUT2D eigenvalue weighted by atomic mass is 32.2. The van der Waals surface area contributed by atoms with Gasteiger partial charge in [-0.15, -0.1) is 21.5 Å². The molecule has 0 N–H and O–H groups in total. The molecule has 1 aliphatic rings. The number of carbonyl (C=O) groups is 1. The first-order valence-electron chi connectivity index (χ1n) is 9.21. The molecule has 1 aliphatic heterocycles. The second kappa shape index (κ2) is 8.27. The SMILES string of the molecule is C[C@@H]1CCCCN1C(=O)CSc1nnc(-c2cccs2)n1-c1ccccc1. The summed E-state index contributed by atoms with van der Waals surface area (Å²) < 4.78 is 2.05. The fraction of sp³-hybridized carbons (Fsp3) is 0.350. The molecule has 1 fully saturated rings. The van der Waals surface area contributed by atoms with Crippen molar-refractivity contribution in [1.29, 1.82) is 0 Å². The number of benzene rings is 1. The Balaban J connectivity index is 1.58. The van der Waals surface area contributed by atoms with Crippen LogP contribution in [0.1, 0.15) is 26.2 Å². The van der Waals surface area contributed by atoms with Gasteiger partial charge in [-0.2, -0.15) is 0 Å². The van der Waals surface area contributed by atoms with Crippen molar-refractivity contribution in [3.05, 3.63) is 47.8 Å². The highest BCUT2D eigenvalue weighted by Crippen LogP contribution is 2.30. The van der Waals surface area contributed by atoms with Gasteiger partial charge in [0.1, 0.15) is 0 Å². The maximum absolute atomic E-state index is 12.7. The first kappa shape index (κ1) is 18.3. The van der Waals surface area contributed by atoms with Crippen molar-refractivity contribution in [2.24, 2.45) is 0 Å². The van der Waals surface area contributed by atoms with Gasteiger partial charge in [0.05, 0.1) is 10.6 Å². The number of likely N-dealkylation sites (tertiary alicyclic amines) is 1. The third-order valence-electron chi connectivity index (χ3n) is 4.84. The minimum Gasteiger partial charge on any atom is -0.339 e. The molecule has 4 rings (SSSR count). The summed E-state index contributed by atoms with van der Waals surface area (Å²) >= 11 is 3.10. The zero-order chi connectivity index (χ0) is 18.6. The van der Waals surface area contributed by atoms with Crippen molar-refractivity contribution >= 4 is 29.0 Å². The van der Waals surface area contributed by atoms with E-state index in [1.807, 2.05) is 57.3 Å². The summed E-state index contributed by atoms with van der Waals surface area (Å²) in [6.07, 6.45) is 3.41. The molecule has 140 valence electrons. The number of hydrogen-bond acceptors (Lipinski definition) is 5. The Labute approximate surface area is 167 Å². The molecule has 0 bridgehead atoms. The lowest BCUT2D eigenvalue weighted by atomic mass is 10.0. The zero-order valence-electron chi connectivity index (χ0n) is 15.2. The normalized spacial score (nSPS) is 17.2. The molecule has 5 nitrogen and oxygen atoms in total. The standard InChI is InChI=1S/C20H22N4OS2/c1-15-8-5-6-12-23(15)18(25)14-27-20-22-21-19(17-11-7-13-26-17)24(20)16-9-3-2-4-10-16/h2-4,7,9-11,13,15H,5-6,8,12,14H2,1H3/t15-/m1/s1. The molecule has 0 saturated carbocycles. The summed E-state index contributed by atoms with van der Waals surface area (Å²) in [5.74, 6) is 1.39. The number of thiophene rings is 1. The van der Waals surface area contributed by atoms with Crippen molar-refractivity contribution < 1.29 is 4.79 Å². The van der Waals surface area contributed by atoms with E-state index in [0.29, 0.717) is 11.8 Å². The number of rotatable bonds is 5. The summed E-state index contributed by atoms with van der Waals surface area (Å²) in [7, 11) is 0. The predicted octanol–water partition coefficient (Wildman–Crippen LogP) is 4.49.